The van der Waals surface area contributed by atoms with Crippen LogP contribution in [-0.4, -0.2) is 26.3 Å². The smallest absolute Gasteiger partial charge is 0.0471 e. The summed E-state index contributed by atoms with van der Waals surface area (Å²) in [4.78, 5) is 2.58. The summed E-state index contributed by atoms with van der Waals surface area (Å²) in [6.45, 7) is 4.31. The summed E-state index contributed by atoms with van der Waals surface area (Å²) in [6, 6.07) is 8.04. The van der Waals surface area contributed by atoms with Crippen molar-refractivity contribution in [2.24, 2.45) is 11.8 Å². The predicted molar refractivity (Wildman–Crippen MR) is 87.0 cm³/mol. The van der Waals surface area contributed by atoms with Gasteiger partial charge in [0, 0.05) is 32.0 Å². The lowest BCUT2D eigenvalue weighted by Gasteiger charge is -2.41. The number of anilines is 1. The topological polar surface area (TPSA) is 12.5 Å². The molecule has 0 amide bonds. The minimum Gasteiger partial charge on any atom is -0.381 e. The molecule has 3 aliphatic rings. The molecule has 2 aliphatic heterocycles. The van der Waals surface area contributed by atoms with E-state index >= 15 is 0 Å². The van der Waals surface area contributed by atoms with Crippen molar-refractivity contribution >= 4 is 5.69 Å². The molecule has 2 heterocycles. The van der Waals surface area contributed by atoms with Gasteiger partial charge < -0.3 is 9.64 Å². The average molecular weight is 285 g/mol. The van der Waals surface area contributed by atoms with Gasteiger partial charge in [0.25, 0.3) is 0 Å². The Hall–Kier alpha value is -1.02. The number of nitrogens with zero attached hydrogens (tertiary/aromatic N) is 1. The maximum Gasteiger partial charge on any atom is 0.0471 e. The predicted octanol–water partition coefficient (Wildman–Crippen LogP) is 3.99. The van der Waals surface area contributed by atoms with E-state index in [9.17, 15) is 0 Å². The second kappa shape index (κ2) is 5.31. The number of hydrogen-bond acceptors (Lipinski definition) is 2. The first-order chi connectivity index (χ1) is 10.2. The Bertz CT molecular complexity index is 516. The molecular weight excluding hydrogens is 258 g/mol. The highest BCUT2D eigenvalue weighted by Gasteiger charge is 2.40. The van der Waals surface area contributed by atoms with Crippen LogP contribution in [0.5, 0.6) is 0 Å². The molecule has 1 aliphatic carbocycles. The highest BCUT2D eigenvalue weighted by molar-refractivity contribution is 5.58. The number of benzene rings is 1. The van der Waals surface area contributed by atoms with Crippen molar-refractivity contribution in [1.29, 1.82) is 0 Å². The van der Waals surface area contributed by atoms with E-state index < -0.39 is 0 Å². The Morgan fingerprint density at radius 2 is 1.86 bits per heavy atom. The van der Waals surface area contributed by atoms with Gasteiger partial charge in [-0.3, -0.25) is 0 Å². The molecule has 2 atom stereocenters. The normalized spacial score (nSPS) is 30.3. The fourth-order valence-corrected chi connectivity index (χ4v) is 4.63. The van der Waals surface area contributed by atoms with Gasteiger partial charge in [-0.25, -0.2) is 0 Å². The molecule has 1 aromatic rings. The van der Waals surface area contributed by atoms with Crippen molar-refractivity contribution in [2.45, 2.75) is 51.0 Å². The zero-order valence-corrected chi connectivity index (χ0v) is 13.3. The average Bonchev–Trinajstić information content (AvgIpc) is 3.32. The van der Waals surface area contributed by atoms with Crippen LogP contribution in [0.25, 0.3) is 0 Å². The van der Waals surface area contributed by atoms with Gasteiger partial charge >= 0.3 is 0 Å². The van der Waals surface area contributed by atoms with Crippen LogP contribution in [0.15, 0.2) is 18.2 Å². The Labute approximate surface area is 128 Å². The monoisotopic (exact) mass is 285 g/mol. The van der Waals surface area contributed by atoms with Crippen molar-refractivity contribution in [3.05, 3.63) is 29.3 Å². The summed E-state index contributed by atoms with van der Waals surface area (Å²) in [7, 11) is 2.31. The van der Waals surface area contributed by atoms with Crippen LogP contribution in [0.1, 0.15) is 49.7 Å². The van der Waals surface area contributed by atoms with E-state index in [1.807, 2.05) is 0 Å². The fourth-order valence-electron chi connectivity index (χ4n) is 4.63. The Morgan fingerprint density at radius 1 is 1.10 bits per heavy atom. The second-order valence-electron chi connectivity index (χ2n) is 7.40. The zero-order valence-electron chi connectivity index (χ0n) is 13.3. The summed E-state index contributed by atoms with van der Waals surface area (Å²) >= 11 is 0. The standard InChI is InChI=1S/C19H27NO/c1-13-11-17-12-16(14-7-9-21-10-8-14)5-6-18(17)20(2)19(13)15-3-4-15/h5-6,12-15,19H,3-4,7-11H2,1-2H3/t13-,19-/m1/s1. The van der Waals surface area contributed by atoms with E-state index in [-0.39, 0.29) is 0 Å². The summed E-state index contributed by atoms with van der Waals surface area (Å²) in [5.74, 6) is 2.46. The van der Waals surface area contributed by atoms with Gasteiger partial charge in [0.05, 0.1) is 0 Å². The molecule has 114 valence electrons. The van der Waals surface area contributed by atoms with Crippen LogP contribution in [-0.2, 0) is 11.2 Å². The third-order valence-corrected chi connectivity index (χ3v) is 5.85. The van der Waals surface area contributed by atoms with Gasteiger partial charge in [0.1, 0.15) is 0 Å². The molecule has 1 aromatic carbocycles. The van der Waals surface area contributed by atoms with Crippen molar-refractivity contribution in [2.75, 3.05) is 25.2 Å². The van der Waals surface area contributed by atoms with Crippen molar-refractivity contribution in [1.82, 2.24) is 0 Å². The number of rotatable bonds is 2. The van der Waals surface area contributed by atoms with Gasteiger partial charge in [0.2, 0.25) is 0 Å². The zero-order chi connectivity index (χ0) is 14.4. The summed E-state index contributed by atoms with van der Waals surface area (Å²) < 4.78 is 5.51. The fraction of sp³-hybridized carbons (Fsp3) is 0.684. The van der Waals surface area contributed by atoms with Crippen molar-refractivity contribution in [3.8, 4) is 0 Å². The first kappa shape index (κ1) is 13.6. The van der Waals surface area contributed by atoms with Gasteiger partial charge in [-0.1, -0.05) is 19.1 Å². The summed E-state index contributed by atoms with van der Waals surface area (Å²) in [6.07, 6.45) is 6.52. The van der Waals surface area contributed by atoms with Crippen LogP contribution < -0.4 is 4.90 Å². The number of fused-ring (bicyclic) bond motifs is 1. The summed E-state index contributed by atoms with van der Waals surface area (Å²) in [5, 5.41) is 0. The number of ether oxygens (including phenoxy) is 1. The highest BCUT2D eigenvalue weighted by Crippen LogP contribution is 2.45. The van der Waals surface area contributed by atoms with E-state index in [1.54, 1.807) is 11.1 Å². The molecule has 0 unspecified atom stereocenters. The van der Waals surface area contributed by atoms with E-state index in [0.29, 0.717) is 5.92 Å². The first-order valence-electron chi connectivity index (χ1n) is 8.67. The van der Waals surface area contributed by atoms with Crippen LogP contribution in [0, 0.1) is 11.8 Å². The first-order valence-corrected chi connectivity index (χ1v) is 8.67. The molecule has 1 saturated carbocycles. The van der Waals surface area contributed by atoms with Crippen LogP contribution >= 0.6 is 0 Å². The Morgan fingerprint density at radius 3 is 2.57 bits per heavy atom. The van der Waals surface area contributed by atoms with Gasteiger partial charge in [-0.05, 0) is 67.1 Å². The summed E-state index contributed by atoms with van der Waals surface area (Å²) in [5.41, 5.74) is 4.61. The molecule has 1 saturated heterocycles. The largest absolute Gasteiger partial charge is 0.381 e. The van der Waals surface area contributed by atoms with Gasteiger partial charge in [0.15, 0.2) is 0 Å². The third kappa shape index (κ3) is 2.48. The lowest BCUT2D eigenvalue weighted by molar-refractivity contribution is 0.0853. The van der Waals surface area contributed by atoms with E-state index in [1.165, 1.54) is 37.8 Å². The van der Waals surface area contributed by atoms with Crippen molar-refractivity contribution < 1.29 is 4.74 Å². The Balaban J connectivity index is 1.61. The second-order valence-corrected chi connectivity index (χ2v) is 7.40. The molecule has 0 aromatic heterocycles. The van der Waals surface area contributed by atoms with Crippen molar-refractivity contribution in [3.63, 3.8) is 0 Å². The van der Waals surface area contributed by atoms with E-state index in [0.717, 1.165) is 31.1 Å². The molecule has 0 bridgehead atoms. The van der Waals surface area contributed by atoms with E-state index in [4.69, 9.17) is 4.74 Å². The molecule has 2 heteroatoms. The minimum atomic E-state index is 0.714. The van der Waals surface area contributed by atoms with Crippen LogP contribution in [0.3, 0.4) is 0 Å². The third-order valence-electron chi connectivity index (χ3n) is 5.85. The minimum absolute atomic E-state index is 0.714. The van der Waals surface area contributed by atoms with Crippen LogP contribution in [0.4, 0.5) is 5.69 Å². The quantitative estimate of drug-likeness (QED) is 0.814. The molecule has 0 radical (unpaired) electrons. The SMILES string of the molecule is C[C@@H]1Cc2cc(C3CCOCC3)ccc2N(C)[C@H]1C1CC1. The number of hydrogen-bond donors (Lipinski definition) is 0. The lowest BCUT2D eigenvalue weighted by Crippen LogP contribution is -2.43. The molecule has 0 spiro atoms. The lowest BCUT2D eigenvalue weighted by atomic mass is 9.82. The molecule has 2 fully saturated rings. The van der Waals surface area contributed by atoms with Gasteiger partial charge in [-0.2, -0.15) is 0 Å². The molecule has 2 nitrogen and oxygen atoms in total. The van der Waals surface area contributed by atoms with E-state index in [2.05, 4.69) is 37.1 Å². The maximum absolute atomic E-state index is 5.51. The molecule has 0 N–H and O–H groups in total. The highest BCUT2D eigenvalue weighted by atomic mass is 16.5. The molecular formula is C19H27NO. The molecule has 4 rings (SSSR count). The van der Waals surface area contributed by atoms with Crippen LogP contribution in [0.2, 0.25) is 0 Å². The maximum atomic E-state index is 5.51. The molecule has 21 heavy (non-hydrogen) atoms. The van der Waals surface area contributed by atoms with Gasteiger partial charge in [-0.15, -0.1) is 0 Å². The Kier molecular flexibility index (Phi) is 3.45.